The number of hydrogen-bond donors (Lipinski definition) is 0. The second kappa shape index (κ2) is 6.92. The zero-order chi connectivity index (χ0) is 20.9. The van der Waals surface area contributed by atoms with Crippen molar-refractivity contribution in [2.24, 2.45) is 5.41 Å². The Hall–Kier alpha value is -2.79. The second-order valence-corrected chi connectivity index (χ2v) is 8.82. The molecule has 5 heteroatoms. The van der Waals surface area contributed by atoms with Crippen LogP contribution in [0, 0.1) is 5.41 Å². The molecule has 1 aliphatic rings. The lowest BCUT2D eigenvalue weighted by molar-refractivity contribution is 0.0977. The van der Waals surface area contributed by atoms with Gasteiger partial charge in [-0.25, -0.2) is 0 Å². The summed E-state index contributed by atoms with van der Waals surface area (Å²) in [6.07, 6.45) is 0. The molecule has 0 N–H and O–H groups in total. The van der Waals surface area contributed by atoms with Crippen LogP contribution in [0.2, 0.25) is 0 Å². The lowest BCUT2D eigenvalue weighted by Crippen LogP contribution is -2.41. The molecule has 4 rings (SSSR count). The molecule has 0 bridgehead atoms. The van der Waals surface area contributed by atoms with Crippen molar-refractivity contribution in [1.29, 1.82) is 0 Å². The Morgan fingerprint density at radius 1 is 1.03 bits per heavy atom. The van der Waals surface area contributed by atoms with Crippen LogP contribution in [-0.4, -0.2) is 52.2 Å². The van der Waals surface area contributed by atoms with Gasteiger partial charge in [0, 0.05) is 23.9 Å². The fourth-order valence-corrected chi connectivity index (χ4v) is 4.71. The number of methoxy groups -OCH3 is 2. The van der Waals surface area contributed by atoms with Crippen molar-refractivity contribution in [2.45, 2.75) is 13.8 Å². The third kappa shape index (κ3) is 3.10. The van der Waals surface area contributed by atoms with E-state index in [0.29, 0.717) is 23.6 Å². The summed E-state index contributed by atoms with van der Waals surface area (Å²) in [5.41, 5.74) is 1.57. The quantitative estimate of drug-likeness (QED) is 0.577. The van der Waals surface area contributed by atoms with E-state index in [4.69, 9.17) is 9.47 Å². The Morgan fingerprint density at radius 3 is 2.41 bits per heavy atom. The number of rotatable bonds is 6. The van der Waals surface area contributed by atoms with Crippen molar-refractivity contribution in [3.63, 3.8) is 0 Å². The average Bonchev–Trinajstić information content (AvgIpc) is 2.92. The molecule has 3 aromatic rings. The van der Waals surface area contributed by atoms with Crippen molar-refractivity contribution in [3.8, 4) is 11.5 Å². The van der Waals surface area contributed by atoms with Crippen molar-refractivity contribution in [1.82, 2.24) is 4.90 Å². The summed E-state index contributed by atoms with van der Waals surface area (Å²) >= 11 is 0. The summed E-state index contributed by atoms with van der Waals surface area (Å²) in [6, 6.07) is 12.1. The van der Waals surface area contributed by atoms with Crippen LogP contribution >= 0.6 is 0 Å². The number of ether oxygens (including phenoxy) is 2. The predicted molar refractivity (Wildman–Crippen MR) is 119 cm³/mol. The first kappa shape index (κ1) is 19.5. The highest BCUT2D eigenvalue weighted by atomic mass is 16.5. The molecular weight excluding hydrogens is 364 g/mol. The Balaban J connectivity index is 2.01. The molecule has 29 heavy (non-hydrogen) atoms. The first-order valence-corrected chi connectivity index (χ1v) is 9.84. The van der Waals surface area contributed by atoms with Gasteiger partial charge in [0.15, 0.2) is 11.5 Å². The maximum atomic E-state index is 13.5. The smallest absolute Gasteiger partial charge is 0.259 e. The standard InChI is InChI=1S/C24H28N2O3/c1-24(2,13-25(3)4)14-26-18-11-15-9-7-8-10-16(15)21-20(18)17(23(26)27)12-19(28-5)22(21)29-6/h7-12H,13-14H2,1-6H3. The summed E-state index contributed by atoms with van der Waals surface area (Å²) in [5.74, 6) is 1.28. The third-order valence-electron chi connectivity index (χ3n) is 5.54. The molecule has 0 unspecified atom stereocenters. The minimum atomic E-state index is -0.0622. The van der Waals surface area contributed by atoms with E-state index in [9.17, 15) is 4.79 Å². The lowest BCUT2D eigenvalue weighted by atomic mass is 9.92. The van der Waals surface area contributed by atoms with Crippen molar-refractivity contribution < 1.29 is 14.3 Å². The summed E-state index contributed by atoms with van der Waals surface area (Å²) < 4.78 is 11.4. The maximum Gasteiger partial charge on any atom is 0.259 e. The molecule has 152 valence electrons. The normalized spacial score (nSPS) is 13.8. The number of carbonyl (C=O) groups is 1. The van der Waals surface area contributed by atoms with Crippen LogP contribution in [0.25, 0.3) is 21.5 Å². The molecule has 1 amide bonds. The highest BCUT2D eigenvalue weighted by Crippen LogP contribution is 2.49. The van der Waals surface area contributed by atoms with Crippen molar-refractivity contribution >= 4 is 33.1 Å². The number of benzene rings is 3. The van der Waals surface area contributed by atoms with Gasteiger partial charge in [-0.05, 0) is 42.4 Å². The summed E-state index contributed by atoms with van der Waals surface area (Å²) in [5, 5.41) is 4.03. The highest BCUT2D eigenvalue weighted by molar-refractivity contribution is 6.31. The molecule has 1 aliphatic heterocycles. The summed E-state index contributed by atoms with van der Waals surface area (Å²) in [7, 11) is 7.38. The summed E-state index contributed by atoms with van der Waals surface area (Å²) in [4.78, 5) is 17.6. The molecule has 0 aliphatic carbocycles. The van der Waals surface area contributed by atoms with Gasteiger partial charge in [-0.1, -0.05) is 38.1 Å². The van der Waals surface area contributed by atoms with Gasteiger partial charge in [0.1, 0.15) is 0 Å². The predicted octanol–water partition coefficient (Wildman–Crippen LogP) is 4.56. The molecule has 1 heterocycles. The molecule has 0 atom stereocenters. The van der Waals surface area contributed by atoms with Gasteiger partial charge in [-0.3, -0.25) is 4.79 Å². The van der Waals surface area contributed by atoms with Gasteiger partial charge in [-0.2, -0.15) is 0 Å². The van der Waals surface area contributed by atoms with E-state index in [1.807, 2.05) is 23.1 Å². The second-order valence-electron chi connectivity index (χ2n) is 8.82. The highest BCUT2D eigenvalue weighted by Gasteiger charge is 2.36. The fraction of sp³-hybridized carbons (Fsp3) is 0.375. The van der Waals surface area contributed by atoms with Gasteiger partial charge in [0.25, 0.3) is 5.91 Å². The first-order valence-electron chi connectivity index (χ1n) is 9.84. The summed E-state index contributed by atoms with van der Waals surface area (Å²) in [6.45, 7) is 5.92. The zero-order valence-electron chi connectivity index (χ0n) is 18.0. The zero-order valence-corrected chi connectivity index (χ0v) is 18.0. The van der Waals surface area contributed by atoms with E-state index in [0.717, 1.165) is 33.8 Å². The van der Waals surface area contributed by atoms with Crippen LogP contribution in [-0.2, 0) is 0 Å². The average molecular weight is 392 g/mol. The van der Waals surface area contributed by atoms with E-state index in [2.05, 4.69) is 51.0 Å². The maximum absolute atomic E-state index is 13.5. The largest absolute Gasteiger partial charge is 0.493 e. The molecule has 0 aromatic heterocycles. The Bertz CT molecular complexity index is 1120. The Kier molecular flexibility index (Phi) is 4.66. The van der Waals surface area contributed by atoms with Gasteiger partial charge < -0.3 is 19.3 Å². The van der Waals surface area contributed by atoms with Crippen LogP contribution < -0.4 is 14.4 Å². The van der Waals surface area contributed by atoms with Crippen LogP contribution in [0.3, 0.4) is 0 Å². The lowest BCUT2D eigenvalue weighted by Gasteiger charge is -2.33. The van der Waals surface area contributed by atoms with E-state index in [1.54, 1.807) is 14.2 Å². The minimum absolute atomic E-state index is 0.0214. The number of amides is 1. The van der Waals surface area contributed by atoms with E-state index in [1.165, 1.54) is 0 Å². The van der Waals surface area contributed by atoms with Crippen LogP contribution in [0.5, 0.6) is 11.5 Å². The van der Waals surface area contributed by atoms with Crippen LogP contribution in [0.1, 0.15) is 24.2 Å². The van der Waals surface area contributed by atoms with Gasteiger partial charge >= 0.3 is 0 Å². The molecule has 0 fully saturated rings. The number of hydrogen-bond acceptors (Lipinski definition) is 4. The topological polar surface area (TPSA) is 42.0 Å². The van der Waals surface area contributed by atoms with Crippen LogP contribution in [0.15, 0.2) is 36.4 Å². The molecule has 0 saturated carbocycles. The number of fused-ring (bicyclic) bond motifs is 2. The Morgan fingerprint density at radius 2 is 1.76 bits per heavy atom. The molecule has 0 spiro atoms. The molecule has 3 aromatic carbocycles. The van der Waals surface area contributed by atoms with E-state index < -0.39 is 0 Å². The molecular formula is C24H28N2O3. The first-order chi connectivity index (χ1) is 13.8. The van der Waals surface area contributed by atoms with Crippen molar-refractivity contribution in [2.75, 3.05) is 46.3 Å². The van der Waals surface area contributed by atoms with Gasteiger partial charge in [-0.15, -0.1) is 0 Å². The number of anilines is 1. The molecule has 0 radical (unpaired) electrons. The van der Waals surface area contributed by atoms with Crippen LogP contribution in [0.4, 0.5) is 5.69 Å². The van der Waals surface area contributed by atoms with Gasteiger partial charge in [0.05, 0.1) is 25.5 Å². The van der Waals surface area contributed by atoms with Gasteiger partial charge in [0.2, 0.25) is 0 Å². The van der Waals surface area contributed by atoms with E-state index >= 15 is 0 Å². The number of carbonyl (C=O) groups excluding carboxylic acids is 1. The van der Waals surface area contributed by atoms with Crippen molar-refractivity contribution in [3.05, 3.63) is 42.0 Å². The molecule has 5 nitrogen and oxygen atoms in total. The molecule has 0 saturated heterocycles. The third-order valence-corrected chi connectivity index (χ3v) is 5.54. The SMILES string of the molecule is COc1cc2c3c(cc4ccccc4c3c1OC)N(CC(C)(C)CN(C)C)C2=O. The monoisotopic (exact) mass is 392 g/mol. The minimum Gasteiger partial charge on any atom is -0.493 e. The fourth-order valence-electron chi connectivity index (χ4n) is 4.71. The number of nitrogens with zero attached hydrogens (tertiary/aromatic N) is 2. The van der Waals surface area contributed by atoms with E-state index in [-0.39, 0.29) is 11.3 Å². The Labute approximate surface area is 171 Å².